The highest BCUT2D eigenvalue weighted by atomic mass is 35.5. The lowest BCUT2D eigenvalue weighted by molar-refractivity contribution is 0.350. The number of aromatic nitrogens is 1. The average molecular weight is 186 g/mol. The maximum absolute atomic E-state index is 12.8. The molecule has 0 amide bonds. The smallest absolute Gasteiger partial charge is 0.158 e. The molecule has 0 atom stereocenters. The lowest BCUT2D eigenvalue weighted by Crippen LogP contribution is -1.88. The number of hydrogen-bond acceptors (Lipinski definition) is 2. The van der Waals surface area contributed by atoms with E-state index < -0.39 is 5.82 Å². The van der Waals surface area contributed by atoms with Gasteiger partial charge in [0, 0.05) is 6.20 Å². The second kappa shape index (κ2) is 4.05. The van der Waals surface area contributed by atoms with Gasteiger partial charge in [0.2, 0.25) is 0 Å². The van der Waals surface area contributed by atoms with Gasteiger partial charge in [-0.25, -0.2) is 9.37 Å². The van der Waals surface area contributed by atoms with E-state index in [2.05, 4.69) is 16.8 Å². The van der Waals surface area contributed by atoms with Crippen LogP contribution in [0.3, 0.4) is 0 Å². The molecule has 4 heteroatoms. The van der Waals surface area contributed by atoms with Gasteiger partial charge in [-0.3, -0.25) is 0 Å². The number of halogens is 2. The second-order valence-electron chi connectivity index (χ2n) is 1.94. The third-order valence-electron chi connectivity index (χ3n) is 1.09. The maximum Gasteiger partial charge on any atom is 0.158 e. The van der Waals surface area contributed by atoms with Gasteiger partial charge in [0.15, 0.2) is 5.82 Å². The molecule has 0 aliphatic carbocycles. The Hall–Kier alpha value is -1.11. The zero-order valence-corrected chi connectivity index (χ0v) is 6.77. The summed E-state index contributed by atoms with van der Waals surface area (Å²) < 4.78 is 12.8. The van der Waals surface area contributed by atoms with Crippen molar-refractivity contribution in [3.8, 4) is 11.8 Å². The molecule has 0 aliphatic heterocycles. The van der Waals surface area contributed by atoms with Crippen LogP contribution in [0.1, 0.15) is 5.69 Å². The number of pyridine rings is 1. The summed E-state index contributed by atoms with van der Waals surface area (Å²) in [4.78, 5) is 3.62. The minimum absolute atomic E-state index is 0.00606. The van der Waals surface area contributed by atoms with E-state index in [4.69, 9.17) is 16.7 Å². The molecule has 0 aromatic carbocycles. The number of hydrogen-bond donors (Lipinski definition) is 1. The van der Waals surface area contributed by atoms with E-state index >= 15 is 0 Å². The molecule has 0 bridgehead atoms. The van der Waals surface area contributed by atoms with Crippen LogP contribution in [-0.4, -0.2) is 16.7 Å². The first-order chi connectivity index (χ1) is 5.74. The van der Waals surface area contributed by atoms with Crippen LogP contribution in [0.2, 0.25) is 5.02 Å². The molecule has 2 nitrogen and oxygen atoms in total. The Morgan fingerprint density at radius 3 is 3.00 bits per heavy atom. The number of aliphatic hydroxyl groups is 1. The van der Waals surface area contributed by atoms with Crippen LogP contribution in [0.15, 0.2) is 12.3 Å². The van der Waals surface area contributed by atoms with E-state index in [9.17, 15) is 4.39 Å². The van der Waals surface area contributed by atoms with Gasteiger partial charge in [0.05, 0.1) is 5.02 Å². The topological polar surface area (TPSA) is 33.1 Å². The van der Waals surface area contributed by atoms with Gasteiger partial charge in [-0.15, -0.1) is 0 Å². The standard InChI is InChI=1S/C8H5ClFNO/c9-6-4-7(10)8(11-5-6)2-1-3-12/h4-5,12H,3H2. The summed E-state index contributed by atoms with van der Waals surface area (Å²) in [5, 5.41) is 8.55. The molecule has 0 spiro atoms. The van der Waals surface area contributed by atoms with Crippen LogP contribution < -0.4 is 0 Å². The molecule has 0 unspecified atom stereocenters. The van der Waals surface area contributed by atoms with E-state index in [1.54, 1.807) is 0 Å². The third-order valence-corrected chi connectivity index (χ3v) is 1.30. The number of rotatable bonds is 0. The highest BCUT2D eigenvalue weighted by molar-refractivity contribution is 6.30. The lowest BCUT2D eigenvalue weighted by atomic mass is 10.3. The fourth-order valence-corrected chi connectivity index (χ4v) is 0.774. The van der Waals surface area contributed by atoms with E-state index in [0.717, 1.165) is 6.07 Å². The van der Waals surface area contributed by atoms with Gasteiger partial charge < -0.3 is 5.11 Å². The fourth-order valence-electron chi connectivity index (χ4n) is 0.630. The van der Waals surface area contributed by atoms with Gasteiger partial charge in [-0.1, -0.05) is 17.5 Å². The molecule has 0 aliphatic rings. The van der Waals surface area contributed by atoms with Gasteiger partial charge >= 0.3 is 0 Å². The summed E-state index contributed by atoms with van der Waals surface area (Å²) in [7, 11) is 0. The van der Waals surface area contributed by atoms with Crippen LogP contribution in [0.4, 0.5) is 4.39 Å². The Balaban J connectivity index is 3.01. The fraction of sp³-hybridized carbons (Fsp3) is 0.125. The van der Waals surface area contributed by atoms with E-state index in [1.807, 2.05) is 0 Å². The summed E-state index contributed by atoms with van der Waals surface area (Å²) >= 11 is 5.45. The van der Waals surface area contributed by atoms with Crippen molar-refractivity contribution < 1.29 is 9.50 Å². The first-order valence-corrected chi connectivity index (χ1v) is 3.52. The normalized spacial score (nSPS) is 8.92. The quantitative estimate of drug-likeness (QED) is 0.617. The summed E-state index contributed by atoms with van der Waals surface area (Å²) in [6, 6.07) is 1.12. The molecule has 0 fully saturated rings. The predicted octanol–water partition coefficient (Wildman–Crippen LogP) is 1.22. The molecule has 1 aromatic heterocycles. The molecule has 1 heterocycles. The van der Waals surface area contributed by atoms with E-state index in [-0.39, 0.29) is 17.3 Å². The molecule has 0 saturated carbocycles. The minimum Gasteiger partial charge on any atom is -0.384 e. The Bertz CT molecular complexity index is 343. The molecule has 1 N–H and O–H groups in total. The first-order valence-electron chi connectivity index (χ1n) is 3.15. The average Bonchev–Trinajstić information content (AvgIpc) is 2.03. The number of nitrogens with zero attached hydrogens (tertiary/aromatic N) is 1. The van der Waals surface area contributed by atoms with Crippen LogP contribution in [0.5, 0.6) is 0 Å². The second-order valence-corrected chi connectivity index (χ2v) is 2.38. The van der Waals surface area contributed by atoms with Gasteiger partial charge in [-0.2, -0.15) is 0 Å². The lowest BCUT2D eigenvalue weighted by Gasteiger charge is -1.92. The summed E-state index contributed by atoms with van der Waals surface area (Å²) in [5.41, 5.74) is -0.00606. The van der Waals surface area contributed by atoms with Crippen molar-refractivity contribution in [1.82, 2.24) is 4.98 Å². The molecule has 0 radical (unpaired) electrons. The molecule has 12 heavy (non-hydrogen) atoms. The Morgan fingerprint density at radius 1 is 1.67 bits per heavy atom. The highest BCUT2D eigenvalue weighted by Gasteiger charge is 1.99. The van der Waals surface area contributed by atoms with Crippen LogP contribution in [-0.2, 0) is 0 Å². The van der Waals surface area contributed by atoms with Crippen LogP contribution in [0, 0.1) is 17.7 Å². The summed E-state index contributed by atoms with van der Waals surface area (Å²) in [6.07, 6.45) is 1.30. The van der Waals surface area contributed by atoms with Crippen molar-refractivity contribution in [2.45, 2.75) is 0 Å². The zero-order valence-electron chi connectivity index (χ0n) is 6.01. The molecular formula is C8H5ClFNO. The Labute approximate surface area is 74.0 Å². The van der Waals surface area contributed by atoms with Crippen molar-refractivity contribution in [3.63, 3.8) is 0 Å². The maximum atomic E-state index is 12.8. The van der Waals surface area contributed by atoms with Crippen molar-refractivity contribution >= 4 is 11.6 Å². The van der Waals surface area contributed by atoms with Gasteiger partial charge in [0.1, 0.15) is 12.3 Å². The van der Waals surface area contributed by atoms with Gasteiger partial charge in [0.25, 0.3) is 0 Å². The SMILES string of the molecule is OCC#Cc1ncc(Cl)cc1F. The molecular weight excluding hydrogens is 181 g/mol. The Kier molecular flexibility index (Phi) is 3.03. The minimum atomic E-state index is -0.580. The predicted molar refractivity (Wildman–Crippen MR) is 43.2 cm³/mol. The van der Waals surface area contributed by atoms with E-state index in [0.29, 0.717) is 0 Å². The van der Waals surface area contributed by atoms with Crippen molar-refractivity contribution in [2.75, 3.05) is 6.61 Å². The molecule has 62 valence electrons. The third kappa shape index (κ3) is 2.19. The number of aliphatic hydroxyl groups excluding tert-OH is 1. The van der Waals surface area contributed by atoms with Crippen molar-refractivity contribution in [2.24, 2.45) is 0 Å². The Morgan fingerprint density at radius 2 is 2.42 bits per heavy atom. The van der Waals surface area contributed by atoms with Crippen LogP contribution in [0.25, 0.3) is 0 Å². The first kappa shape index (κ1) is 8.98. The largest absolute Gasteiger partial charge is 0.384 e. The zero-order chi connectivity index (χ0) is 8.97. The van der Waals surface area contributed by atoms with Crippen molar-refractivity contribution in [3.05, 3.63) is 28.8 Å². The van der Waals surface area contributed by atoms with Gasteiger partial charge in [-0.05, 0) is 12.0 Å². The molecule has 1 aromatic rings. The summed E-state index contributed by atoms with van der Waals surface area (Å²) in [6.45, 7) is -0.316. The monoisotopic (exact) mass is 185 g/mol. The van der Waals surface area contributed by atoms with E-state index in [1.165, 1.54) is 6.20 Å². The highest BCUT2D eigenvalue weighted by Crippen LogP contribution is 2.10. The molecule has 0 saturated heterocycles. The van der Waals surface area contributed by atoms with Crippen molar-refractivity contribution in [1.29, 1.82) is 0 Å². The summed E-state index contributed by atoms with van der Waals surface area (Å²) in [5.74, 6) is 4.05. The van der Waals surface area contributed by atoms with Crippen LogP contribution >= 0.6 is 11.6 Å². The molecule has 1 rings (SSSR count).